The summed E-state index contributed by atoms with van der Waals surface area (Å²) in [6.45, 7) is 8.56. The molecule has 0 radical (unpaired) electrons. The molecule has 0 bridgehead atoms. The van der Waals surface area contributed by atoms with E-state index >= 15 is 0 Å². The third-order valence-electron chi connectivity index (χ3n) is 5.29. The van der Waals surface area contributed by atoms with E-state index < -0.39 is 0 Å². The fraction of sp³-hybridized carbons (Fsp3) is 0.290. The van der Waals surface area contributed by atoms with Crippen LogP contribution in [0.3, 0.4) is 0 Å². The van der Waals surface area contributed by atoms with E-state index in [0.29, 0.717) is 6.54 Å². The lowest BCUT2D eigenvalue weighted by atomic mass is 10.1. The maximum Gasteiger partial charge on any atom is 0.180 e. The highest BCUT2D eigenvalue weighted by atomic mass is 16.5. The van der Waals surface area contributed by atoms with E-state index in [1.807, 2.05) is 74.8 Å². The number of hydrogen-bond donors (Lipinski definition) is 1. The summed E-state index contributed by atoms with van der Waals surface area (Å²) < 4.78 is 17.0. The molecule has 7 heteroatoms. The Morgan fingerprint density at radius 2 is 1.42 bits per heavy atom. The molecule has 0 fully saturated rings. The summed E-state index contributed by atoms with van der Waals surface area (Å²) in [5.41, 5.74) is 3.74. The number of aromatic nitrogens is 3. The molecule has 0 aliphatic carbocycles. The first-order chi connectivity index (χ1) is 18.6. The van der Waals surface area contributed by atoms with Gasteiger partial charge < -0.3 is 23.9 Å². The van der Waals surface area contributed by atoms with Crippen LogP contribution in [-0.2, 0) is 11.3 Å². The lowest BCUT2D eigenvalue weighted by Gasteiger charge is -2.12. The van der Waals surface area contributed by atoms with Crippen LogP contribution in [0.1, 0.15) is 33.3 Å². The molecule has 2 heterocycles. The Labute approximate surface area is 226 Å². The van der Waals surface area contributed by atoms with Gasteiger partial charge in [-0.3, -0.25) is 0 Å². The van der Waals surface area contributed by atoms with Crippen molar-refractivity contribution in [3.8, 4) is 22.8 Å². The van der Waals surface area contributed by atoms with Gasteiger partial charge in [0.15, 0.2) is 11.5 Å². The highest BCUT2D eigenvalue weighted by Gasteiger charge is 2.11. The zero-order valence-corrected chi connectivity index (χ0v) is 23.8. The van der Waals surface area contributed by atoms with Gasteiger partial charge in [-0.05, 0) is 34.5 Å². The molecule has 38 heavy (non-hydrogen) atoms. The highest BCUT2D eigenvalue weighted by molar-refractivity contribution is 5.87. The number of methoxy groups -OCH3 is 3. The maximum atomic E-state index is 5.38. The first-order valence-electron chi connectivity index (χ1n) is 12.8. The molecule has 202 valence electrons. The van der Waals surface area contributed by atoms with E-state index in [-0.39, 0.29) is 0 Å². The van der Waals surface area contributed by atoms with Crippen LogP contribution in [0.4, 0.5) is 5.82 Å². The molecule has 0 aliphatic heterocycles. The lowest BCUT2D eigenvalue weighted by molar-refractivity contribution is 0.277. The average Bonchev–Trinajstić information content (AvgIpc) is 3.47. The number of anilines is 1. The largest absolute Gasteiger partial charge is 0.497 e. The number of nitrogens with zero attached hydrogens (tertiary/aromatic N) is 3. The fourth-order valence-electron chi connectivity index (χ4n) is 3.69. The van der Waals surface area contributed by atoms with Crippen LogP contribution in [0.5, 0.6) is 11.5 Å². The topological polar surface area (TPSA) is 69.9 Å². The van der Waals surface area contributed by atoms with Gasteiger partial charge in [-0.2, -0.15) is 0 Å². The van der Waals surface area contributed by atoms with Crippen molar-refractivity contribution in [2.75, 3.05) is 33.8 Å². The fourth-order valence-corrected chi connectivity index (χ4v) is 3.69. The van der Waals surface area contributed by atoms with Crippen molar-refractivity contribution in [3.63, 3.8) is 0 Å². The number of rotatable bonds is 6. The Hall–Kier alpha value is -4.10. The van der Waals surface area contributed by atoms with Crippen LogP contribution in [-0.4, -0.2) is 42.8 Å². The zero-order valence-electron chi connectivity index (χ0n) is 23.8. The molecule has 5 rings (SSSR count). The first kappa shape index (κ1) is 30.1. The van der Waals surface area contributed by atoms with Gasteiger partial charge in [0.2, 0.25) is 0 Å². The predicted octanol–water partition coefficient (Wildman–Crippen LogP) is 7.49. The monoisotopic (exact) mass is 516 g/mol. The third-order valence-corrected chi connectivity index (χ3v) is 5.29. The quantitative estimate of drug-likeness (QED) is 0.252. The van der Waals surface area contributed by atoms with Gasteiger partial charge >= 0.3 is 0 Å². The second-order valence-electron chi connectivity index (χ2n) is 7.68. The molecular weight excluding hydrogens is 476 g/mol. The number of benzene rings is 3. The van der Waals surface area contributed by atoms with Gasteiger partial charge in [0, 0.05) is 51.0 Å². The summed E-state index contributed by atoms with van der Waals surface area (Å²) in [7, 11) is 6.54. The van der Waals surface area contributed by atoms with Crippen molar-refractivity contribution in [1.29, 1.82) is 0 Å². The van der Waals surface area contributed by atoms with Crippen LogP contribution in [0.25, 0.3) is 27.7 Å². The maximum absolute atomic E-state index is 5.38. The Kier molecular flexibility index (Phi) is 12.6. The minimum atomic E-state index is 0.560. The molecule has 0 saturated heterocycles. The molecular formula is C31H40N4O3. The summed E-state index contributed by atoms with van der Waals surface area (Å²) in [5.74, 6) is 2.22. The van der Waals surface area contributed by atoms with Crippen molar-refractivity contribution in [2.45, 2.75) is 34.2 Å². The molecule has 5 aromatic rings. The molecule has 2 aromatic heterocycles. The standard InChI is InChI=1S/C25H22N4O2.C2H6O.2C2H6/c1-30-21-11-17(12-22(14-21)31-2)15-27-24-25-26-9-10-29(25)16-23(28-24)20-8-7-18-5-3-4-6-19(18)13-20;1-3-2;2*1-2/h3-14,16H,15H2,1-2H3,(H,27,28);1-2H3;2*1-2H3. The highest BCUT2D eigenvalue weighted by Crippen LogP contribution is 2.27. The zero-order chi connectivity index (χ0) is 27.9. The minimum Gasteiger partial charge on any atom is -0.497 e. The van der Waals surface area contributed by atoms with Crippen molar-refractivity contribution < 1.29 is 14.2 Å². The predicted molar refractivity (Wildman–Crippen MR) is 158 cm³/mol. The van der Waals surface area contributed by atoms with E-state index in [0.717, 1.165) is 39.8 Å². The molecule has 0 spiro atoms. The Bertz CT molecular complexity index is 1380. The van der Waals surface area contributed by atoms with Crippen molar-refractivity contribution in [2.24, 2.45) is 0 Å². The second kappa shape index (κ2) is 15.9. The van der Waals surface area contributed by atoms with Gasteiger partial charge in [0.25, 0.3) is 0 Å². The van der Waals surface area contributed by atoms with Gasteiger partial charge in [-0.25, -0.2) is 9.97 Å². The summed E-state index contributed by atoms with van der Waals surface area (Å²) >= 11 is 0. The van der Waals surface area contributed by atoms with E-state index in [2.05, 4.69) is 45.4 Å². The molecule has 0 atom stereocenters. The summed E-state index contributed by atoms with van der Waals surface area (Å²) in [6, 6.07) is 20.5. The van der Waals surface area contributed by atoms with E-state index in [4.69, 9.17) is 14.5 Å². The number of nitrogens with one attached hydrogen (secondary N) is 1. The second-order valence-corrected chi connectivity index (χ2v) is 7.68. The number of hydrogen-bond acceptors (Lipinski definition) is 6. The summed E-state index contributed by atoms with van der Waals surface area (Å²) in [6.07, 6.45) is 5.72. The molecule has 1 N–H and O–H groups in total. The van der Waals surface area contributed by atoms with Crippen molar-refractivity contribution in [3.05, 3.63) is 84.8 Å². The average molecular weight is 517 g/mol. The number of imidazole rings is 1. The lowest BCUT2D eigenvalue weighted by Crippen LogP contribution is -2.05. The summed E-state index contributed by atoms with van der Waals surface area (Å²) in [4.78, 5) is 9.37. The van der Waals surface area contributed by atoms with Crippen LogP contribution in [0, 0.1) is 0 Å². The van der Waals surface area contributed by atoms with Gasteiger partial charge in [-0.1, -0.05) is 64.1 Å². The van der Waals surface area contributed by atoms with Gasteiger partial charge in [0.05, 0.1) is 19.9 Å². The molecule has 0 unspecified atom stereocenters. The Morgan fingerprint density at radius 1 is 0.789 bits per heavy atom. The van der Waals surface area contributed by atoms with Crippen molar-refractivity contribution >= 4 is 22.2 Å². The Balaban J connectivity index is 0.000000665. The number of ether oxygens (including phenoxy) is 3. The van der Waals surface area contributed by atoms with Crippen LogP contribution in [0.15, 0.2) is 79.3 Å². The normalized spacial score (nSPS) is 9.79. The molecule has 0 amide bonds. The molecule has 0 aliphatic rings. The SMILES string of the molecule is CC.CC.COC.COc1cc(CNc2nc(-c3ccc4ccccc4c3)cn3ccnc23)cc(OC)c1. The molecule has 7 nitrogen and oxygen atoms in total. The first-order valence-corrected chi connectivity index (χ1v) is 12.8. The van der Waals surface area contributed by atoms with Gasteiger partial charge in [0.1, 0.15) is 11.5 Å². The third kappa shape index (κ3) is 7.70. The van der Waals surface area contributed by atoms with E-state index in [1.54, 1.807) is 34.6 Å². The minimum absolute atomic E-state index is 0.560. The van der Waals surface area contributed by atoms with Crippen molar-refractivity contribution in [1.82, 2.24) is 14.4 Å². The van der Waals surface area contributed by atoms with Crippen LogP contribution < -0.4 is 14.8 Å². The smallest absolute Gasteiger partial charge is 0.180 e. The van der Waals surface area contributed by atoms with Crippen LogP contribution in [0.2, 0.25) is 0 Å². The molecule has 3 aromatic carbocycles. The van der Waals surface area contributed by atoms with Gasteiger partial charge in [-0.15, -0.1) is 0 Å². The van der Waals surface area contributed by atoms with Crippen LogP contribution >= 0.6 is 0 Å². The van der Waals surface area contributed by atoms with E-state index in [9.17, 15) is 0 Å². The summed E-state index contributed by atoms with van der Waals surface area (Å²) in [5, 5.41) is 5.83. The number of fused-ring (bicyclic) bond motifs is 2. The van der Waals surface area contributed by atoms with E-state index in [1.165, 1.54) is 10.8 Å². The molecule has 0 saturated carbocycles. The Morgan fingerprint density at radius 3 is 2.05 bits per heavy atom.